The highest BCUT2D eigenvalue weighted by molar-refractivity contribution is 5.80. The Kier molecular flexibility index (Phi) is 4.92. The average molecular weight is 346 g/mol. The highest BCUT2D eigenvalue weighted by Crippen LogP contribution is 2.18. The first-order valence-electron chi connectivity index (χ1n) is 8.47. The lowest BCUT2D eigenvalue weighted by Gasteiger charge is -2.37. The molecule has 2 heterocycles. The van der Waals surface area contributed by atoms with Crippen molar-refractivity contribution in [3.05, 3.63) is 35.8 Å². The molecule has 1 fully saturated rings. The van der Waals surface area contributed by atoms with Crippen molar-refractivity contribution in [2.24, 2.45) is 0 Å². The summed E-state index contributed by atoms with van der Waals surface area (Å²) in [4.78, 5) is 30.3. The van der Waals surface area contributed by atoms with Crippen LogP contribution in [0.25, 0.3) is 10.9 Å². The number of nitrogens with one attached hydrogen (secondary N) is 2. The molecular formula is C18H23FN4O2. The van der Waals surface area contributed by atoms with Gasteiger partial charge in [-0.15, -0.1) is 0 Å². The summed E-state index contributed by atoms with van der Waals surface area (Å²) in [6.07, 6.45) is 3.49. The molecule has 2 aromatic rings. The van der Waals surface area contributed by atoms with Gasteiger partial charge in [0.1, 0.15) is 5.82 Å². The summed E-state index contributed by atoms with van der Waals surface area (Å²) in [5.41, 5.74) is 1.27. The Morgan fingerprint density at radius 1 is 1.44 bits per heavy atom. The van der Waals surface area contributed by atoms with E-state index >= 15 is 0 Å². The number of halogens is 1. The van der Waals surface area contributed by atoms with Crippen molar-refractivity contribution in [1.82, 2.24) is 20.1 Å². The molecule has 0 bridgehead atoms. The minimum Gasteiger partial charge on any atom is -0.361 e. The standard InChI is InChI=1S/C18H23FN4O2/c1-12(24)23-7-3-4-15(11-23)22(2)18(25)21-10-14-9-17-13(5-6-20-17)8-16(14)19/h5-6,8-9,15,20H,3-4,7,10-11H2,1-2H3,(H,21,25)/t15-/m1/s1. The van der Waals surface area contributed by atoms with Crippen LogP contribution < -0.4 is 5.32 Å². The van der Waals surface area contributed by atoms with Gasteiger partial charge in [0, 0.05) is 56.3 Å². The van der Waals surface area contributed by atoms with Crippen molar-refractivity contribution in [2.75, 3.05) is 20.1 Å². The number of urea groups is 1. The second-order valence-corrected chi connectivity index (χ2v) is 6.54. The lowest BCUT2D eigenvalue weighted by molar-refractivity contribution is -0.130. The van der Waals surface area contributed by atoms with E-state index in [2.05, 4.69) is 10.3 Å². The number of rotatable bonds is 3. The smallest absolute Gasteiger partial charge is 0.317 e. The molecule has 0 radical (unpaired) electrons. The lowest BCUT2D eigenvalue weighted by atomic mass is 10.0. The molecule has 25 heavy (non-hydrogen) atoms. The molecule has 0 unspecified atom stereocenters. The molecule has 0 aliphatic carbocycles. The maximum atomic E-state index is 14.1. The summed E-state index contributed by atoms with van der Waals surface area (Å²) in [5, 5.41) is 3.57. The zero-order chi connectivity index (χ0) is 18.0. The molecule has 1 aromatic heterocycles. The number of likely N-dealkylation sites (tertiary alicyclic amines) is 1. The zero-order valence-electron chi connectivity index (χ0n) is 14.5. The average Bonchev–Trinajstić information content (AvgIpc) is 3.05. The Bertz CT molecular complexity index is 788. The zero-order valence-corrected chi connectivity index (χ0v) is 14.5. The molecule has 134 valence electrons. The summed E-state index contributed by atoms with van der Waals surface area (Å²) >= 11 is 0. The summed E-state index contributed by atoms with van der Waals surface area (Å²) in [6, 6.07) is 4.69. The number of nitrogens with zero attached hydrogens (tertiary/aromatic N) is 2. The first-order chi connectivity index (χ1) is 12.0. The minimum absolute atomic E-state index is 0.0200. The van der Waals surface area contributed by atoms with Crippen LogP contribution in [0.15, 0.2) is 24.4 Å². The number of carbonyl (C=O) groups is 2. The number of fused-ring (bicyclic) bond motifs is 1. The van der Waals surface area contributed by atoms with Gasteiger partial charge in [0.15, 0.2) is 0 Å². The van der Waals surface area contributed by atoms with Gasteiger partial charge in [-0.3, -0.25) is 4.79 Å². The number of aromatic amines is 1. The van der Waals surface area contributed by atoms with Crippen molar-refractivity contribution in [3.8, 4) is 0 Å². The first kappa shape index (κ1) is 17.3. The van der Waals surface area contributed by atoms with Gasteiger partial charge in [-0.2, -0.15) is 0 Å². The van der Waals surface area contributed by atoms with Crippen LogP contribution in [-0.4, -0.2) is 52.9 Å². The molecule has 1 aromatic carbocycles. The molecule has 0 saturated carbocycles. The third-order valence-corrected chi connectivity index (χ3v) is 4.86. The first-order valence-corrected chi connectivity index (χ1v) is 8.47. The van der Waals surface area contributed by atoms with Gasteiger partial charge in [0.25, 0.3) is 0 Å². The number of hydrogen-bond donors (Lipinski definition) is 2. The summed E-state index contributed by atoms with van der Waals surface area (Å²) in [7, 11) is 1.72. The predicted octanol–water partition coefficient (Wildman–Crippen LogP) is 2.46. The molecule has 3 rings (SSSR count). The summed E-state index contributed by atoms with van der Waals surface area (Å²) in [6.45, 7) is 2.94. The van der Waals surface area contributed by atoms with E-state index in [0.717, 1.165) is 30.3 Å². The largest absolute Gasteiger partial charge is 0.361 e. The Morgan fingerprint density at radius 3 is 3.00 bits per heavy atom. The SMILES string of the molecule is CC(=O)N1CCC[C@@H](N(C)C(=O)NCc2cc3[nH]ccc3cc2F)C1. The molecular weight excluding hydrogens is 323 g/mol. The molecule has 7 heteroatoms. The number of carbonyl (C=O) groups excluding carboxylic acids is 2. The monoisotopic (exact) mass is 346 g/mol. The number of piperidine rings is 1. The normalized spacial score (nSPS) is 17.6. The fourth-order valence-corrected chi connectivity index (χ4v) is 3.27. The van der Waals surface area contributed by atoms with E-state index in [1.165, 1.54) is 6.07 Å². The van der Waals surface area contributed by atoms with Crippen molar-refractivity contribution in [1.29, 1.82) is 0 Å². The van der Waals surface area contributed by atoms with E-state index in [-0.39, 0.29) is 30.3 Å². The second-order valence-electron chi connectivity index (χ2n) is 6.54. The number of benzene rings is 1. The third kappa shape index (κ3) is 3.75. The quantitative estimate of drug-likeness (QED) is 0.896. The Hall–Kier alpha value is -2.57. The van der Waals surface area contributed by atoms with Gasteiger partial charge in [-0.05, 0) is 31.0 Å². The van der Waals surface area contributed by atoms with Crippen LogP contribution in [0.3, 0.4) is 0 Å². The van der Waals surface area contributed by atoms with Crippen LogP contribution in [0.1, 0.15) is 25.3 Å². The van der Waals surface area contributed by atoms with Gasteiger partial charge in [0.2, 0.25) is 5.91 Å². The van der Waals surface area contributed by atoms with E-state index in [4.69, 9.17) is 0 Å². The van der Waals surface area contributed by atoms with E-state index in [0.29, 0.717) is 12.1 Å². The van der Waals surface area contributed by atoms with Crippen molar-refractivity contribution < 1.29 is 14.0 Å². The van der Waals surface area contributed by atoms with E-state index in [1.807, 2.05) is 0 Å². The van der Waals surface area contributed by atoms with Crippen molar-refractivity contribution >= 4 is 22.8 Å². The van der Waals surface area contributed by atoms with Crippen LogP contribution in [0.2, 0.25) is 0 Å². The van der Waals surface area contributed by atoms with Crippen LogP contribution in [0.5, 0.6) is 0 Å². The molecule has 1 saturated heterocycles. The number of amides is 3. The highest BCUT2D eigenvalue weighted by atomic mass is 19.1. The fourth-order valence-electron chi connectivity index (χ4n) is 3.27. The van der Waals surface area contributed by atoms with E-state index < -0.39 is 0 Å². The minimum atomic E-state index is -0.338. The van der Waals surface area contributed by atoms with E-state index in [1.54, 1.807) is 42.1 Å². The van der Waals surface area contributed by atoms with Gasteiger partial charge >= 0.3 is 6.03 Å². The van der Waals surface area contributed by atoms with Gasteiger partial charge < -0.3 is 20.1 Å². The topological polar surface area (TPSA) is 68.4 Å². The molecule has 2 N–H and O–H groups in total. The Balaban J connectivity index is 1.61. The lowest BCUT2D eigenvalue weighted by Crippen LogP contribution is -2.52. The summed E-state index contributed by atoms with van der Waals surface area (Å²) < 4.78 is 14.1. The number of likely N-dealkylation sites (N-methyl/N-ethyl adjacent to an activating group) is 1. The van der Waals surface area contributed by atoms with Crippen molar-refractivity contribution in [2.45, 2.75) is 32.4 Å². The number of H-pyrrole nitrogens is 1. The van der Waals surface area contributed by atoms with Crippen LogP contribution in [-0.2, 0) is 11.3 Å². The highest BCUT2D eigenvalue weighted by Gasteiger charge is 2.27. The third-order valence-electron chi connectivity index (χ3n) is 4.86. The second kappa shape index (κ2) is 7.13. The van der Waals surface area contributed by atoms with Gasteiger partial charge in [-0.25, -0.2) is 9.18 Å². The van der Waals surface area contributed by atoms with Crippen LogP contribution >= 0.6 is 0 Å². The van der Waals surface area contributed by atoms with Crippen molar-refractivity contribution in [3.63, 3.8) is 0 Å². The summed E-state index contributed by atoms with van der Waals surface area (Å²) in [5.74, 6) is -0.310. The van der Waals surface area contributed by atoms with Crippen LogP contribution in [0, 0.1) is 5.82 Å². The van der Waals surface area contributed by atoms with Gasteiger partial charge in [0.05, 0.1) is 6.04 Å². The molecule has 1 aliphatic rings. The Labute approximate surface area is 146 Å². The predicted molar refractivity (Wildman–Crippen MR) is 93.5 cm³/mol. The Morgan fingerprint density at radius 2 is 2.24 bits per heavy atom. The maximum Gasteiger partial charge on any atom is 0.317 e. The van der Waals surface area contributed by atoms with Crippen LogP contribution in [0.4, 0.5) is 9.18 Å². The molecule has 1 atom stereocenters. The molecule has 1 aliphatic heterocycles. The van der Waals surface area contributed by atoms with Gasteiger partial charge in [-0.1, -0.05) is 0 Å². The molecule has 0 spiro atoms. The number of aromatic nitrogens is 1. The van der Waals surface area contributed by atoms with E-state index in [9.17, 15) is 14.0 Å². The maximum absolute atomic E-state index is 14.1. The molecule has 6 nitrogen and oxygen atoms in total. The molecule has 3 amide bonds. The fraction of sp³-hybridized carbons (Fsp3) is 0.444. The number of hydrogen-bond acceptors (Lipinski definition) is 2.